The van der Waals surface area contributed by atoms with Crippen LogP contribution in [0.5, 0.6) is 0 Å². The van der Waals surface area contributed by atoms with Gasteiger partial charge in [-0.25, -0.2) is 9.78 Å². The zero-order chi connectivity index (χ0) is 35.2. The third-order valence-electron chi connectivity index (χ3n) is 10.8. The number of aromatic nitrogens is 3. The molecule has 1 saturated heterocycles. The number of pyridine rings is 1. The highest BCUT2D eigenvalue weighted by Crippen LogP contribution is 2.38. The van der Waals surface area contributed by atoms with Gasteiger partial charge in [-0.2, -0.15) is 0 Å². The lowest BCUT2D eigenvalue weighted by molar-refractivity contribution is -0.140. The minimum absolute atomic E-state index is 0.0600. The molecule has 3 aliphatic rings. The van der Waals surface area contributed by atoms with Crippen LogP contribution in [0.25, 0.3) is 0 Å². The highest BCUT2D eigenvalue weighted by atomic mass is 35.5. The van der Waals surface area contributed by atoms with Gasteiger partial charge in [-0.05, 0) is 91.8 Å². The zero-order valence-electron chi connectivity index (χ0n) is 29.6. The van der Waals surface area contributed by atoms with Crippen molar-refractivity contribution in [2.75, 3.05) is 26.2 Å². The van der Waals surface area contributed by atoms with Crippen molar-refractivity contribution < 1.29 is 14.3 Å². The van der Waals surface area contributed by atoms with Crippen LogP contribution in [0.15, 0.2) is 79.4 Å². The van der Waals surface area contributed by atoms with Crippen molar-refractivity contribution in [1.29, 1.82) is 0 Å². The van der Waals surface area contributed by atoms with Crippen molar-refractivity contribution in [3.8, 4) is 0 Å². The summed E-state index contributed by atoms with van der Waals surface area (Å²) in [5, 5.41) is 0.716. The maximum Gasteiger partial charge on any atom is 0.410 e. The first-order valence-corrected chi connectivity index (χ1v) is 19.1. The van der Waals surface area contributed by atoms with Crippen molar-refractivity contribution in [2.24, 2.45) is 0 Å². The van der Waals surface area contributed by atoms with Crippen molar-refractivity contribution in [3.05, 3.63) is 118 Å². The Morgan fingerprint density at radius 3 is 2.59 bits per heavy atom. The van der Waals surface area contributed by atoms with Crippen molar-refractivity contribution in [3.63, 3.8) is 0 Å². The summed E-state index contributed by atoms with van der Waals surface area (Å²) in [6.07, 6.45) is 13.8. The number of hydrogen-bond acceptors (Lipinski definition) is 6. The summed E-state index contributed by atoms with van der Waals surface area (Å²) in [7, 11) is 0. The quantitative estimate of drug-likeness (QED) is 0.173. The number of ether oxygens (including phenoxy) is 1. The molecular formula is C41H49ClN6O3. The Hall–Kier alpha value is -4.21. The second-order valence-electron chi connectivity index (χ2n) is 14.2. The lowest BCUT2D eigenvalue weighted by Gasteiger charge is -2.45. The first-order valence-electron chi connectivity index (χ1n) is 18.7. The monoisotopic (exact) mass is 708 g/mol. The predicted molar refractivity (Wildman–Crippen MR) is 198 cm³/mol. The van der Waals surface area contributed by atoms with E-state index in [0.29, 0.717) is 37.7 Å². The number of imidazole rings is 1. The molecule has 2 fully saturated rings. The average molecular weight is 709 g/mol. The van der Waals surface area contributed by atoms with E-state index in [2.05, 4.69) is 57.9 Å². The molecule has 0 N–H and O–H groups in total. The molecule has 2 aromatic heterocycles. The Morgan fingerprint density at radius 2 is 1.78 bits per heavy atom. The largest absolute Gasteiger partial charge is 0.446 e. The van der Waals surface area contributed by atoms with E-state index >= 15 is 4.79 Å². The Labute approximate surface area is 306 Å². The molecule has 9 nitrogen and oxygen atoms in total. The standard InChI is InChI=1S/C41H49ClN6O3/c1-2-34-27-45(29-44-34)21-10-22-47(26-30-11-5-3-6-12-30)40(49)37-28-46(23-24-48(37)41(50)51-35-14-7-4-8-15-35)39-36-19-18-33(42)25-32(36)17-16-31-13-9-20-43-38(31)39/h3,5-6,9,11-13,18-20,25,27,29,35,37,39H,2,4,7-8,10,14-17,21-24,26,28H2,1H3/t37-,39+/m1/s1. The van der Waals surface area contributed by atoms with Crippen LogP contribution in [0.1, 0.15) is 85.1 Å². The third kappa shape index (κ3) is 8.31. The molecule has 0 spiro atoms. The van der Waals surface area contributed by atoms with E-state index in [1.54, 1.807) is 4.90 Å². The molecule has 0 bridgehead atoms. The van der Waals surface area contributed by atoms with E-state index < -0.39 is 6.04 Å². The first-order chi connectivity index (χ1) is 25.0. The van der Waals surface area contributed by atoms with E-state index in [4.69, 9.17) is 21.3 Å². The fourth-order valence-corrected chi connectivity index (χ4v) is 8.25. The maximum absolute atomic E-state index is 15.0. The lowest BCUT2D eigenvalue weighted by atomic mass is 9.95. The van der Waals surface area contributed by atoms with Crippen LogP contribution in [0, 0.1) is 0 Å². The number of fused-ring (bicyclic) bond motifs is 2. The predicted octanol–water partition coefficient (Wildman–Crippen LogP) is 7.26. The Morgan fingerprint density at radius 1 is 0.961 bits per heavy atom. The molecule has 4 aromatic rings. The average Bonchev–Trinajstić information content (AvgIpc) is 3.56. The SMILES string of the molecule is CCc1cn(CCCN(Cc2ccccc2)C(=O)[C@H]2CN([C@H]3c4ccc(Cl)cc4CCc4cccnc43)CCN2C(=O)OC2CCCCC2)cn1. The minimum Gasteiger partial charge on any atom is -0.446 e. The van der Waals surface area contributed by atoms with Gasteiger partial charge in [0.2, 0.25) is 5.91 Å². The molecule has 2 amide bonds. The number of piperazine rings is 1. The van der Waals surface area contributed by atoms with E-state index in [1.807, 2.05) is 47.8 Å². The topological polar surface area (TPSA) is 83.8 Å². The van der Waals surface area contributed by atoms with Crippen LogP contribution >= 0.6 is 11.6 Å². The first kappa shape index (κ1) is 35.2. The van der Waals surface area contributed by atoms with Crippen LogP contribution in [-0.4, -0.2) is 79.6 Å². The number of aryl methyl sites for hydroxylation is 4. The van der Waals surface area contributed by atoms with E-state index in [-0.39, 0.29) is 24.1 Å². The summed E-state index contributed by atoms with van der Waals surface area (Å²) >= 11 is 6.52. The van der Waals surface area contributed by atoms with Gasteiger partial charge in [0.15, 0.2) is 0 Å². The molecule has 51 heavy (non-hydrogen) atoms. The number of amides is 2. The van der Waals surface area contributed by atoms with Crippen molar-refractivity contribution >= 4 is 23.6 Å². The van der Waals surface area contributed by atoms with Crippen LogP contribution in [0.3, 0.4) is 0 Å². The summed E-state index contributed by atoms with van der Waals surface area (Å²) in [4.78, 5) is 44.5. The van der Waals surface area contributed by atoms with Gasteiger partial charge >= 0.3 is 6.09 Å². The highest BCUT2D eigenvalue weighted by molar-refractivity contribution is 6.30. The summed E-state index contributed by atoms with van der Waals surface area (Å²) in [5.74, 6) is -0.0600. The number of halogens is 1. The fraction of sp³-hybridized carbons (Fsp3) is 0.463. The molecule has 268 valence electrons. The van der Waals surface area contributed by atoms with Crippen LogP contribution in [-0.2, 0) is 41.9 Å². The van der Waals surface area contributed by atoms with E-state index in [1.165, 1.54) is 17.5 Å². The molecule has 7 rings (SSSR count). The number of nitrogens with zero attached hydrogens (tertiary/aromatic N) is 6. The van der Waals surface area contributed by atoms with Gasteiger partial charge in [-0.3, -0.25) is 19.6 Å². The molecule has 1 saturated carbocycles. The van der Waals surface area contributed by atoms with Gasteiger partial charge in [0, 0.05) is 56.7 Å². The van der Waals surface area contributed by atoms with E-state index in [0.717, 1.165) is 80.4 Å². The lowest BCUT2D eigenvalue weighted by Crippen LogP contribution is -2.62. The normalized spacial score (nSPS) is 19.5. The smallest absolute Gasteiger partial charge is 0.410 e. The molecule has 2 atom stereocenters. The van der Waals surface area contributed by atoms with Gasteiger partial charge in [0.05, 0.1) is 23.8 Å². The highest BCUT2D eigenvalue weighted by Gasteiger charge is 2.42. The molecule has 0 radical (unpaired) electrons. The maximum atomic E-state index is 15.0. The van der Waals surface area contributed by atoms with Crippen LogP contribution in [0.4, 0.5) is 4.79 Å². The molecule has 10 heteroatoms. The molecule has 0 unspecified atom stereocenters. The number of carbonyl (C=O) groups is 2. The second-order valence-corrected chi connectivity index (χ2v) is 14.6. The summed E-state index contributed by atoms with van der Waals surface area (Å²) in [6.45, 7) is 5.20. The van der Waals surface area contributed by atoms with Crippen molar-refractivity contribution in [1.82, 2.24) is 29.2 Å². The molecular weight excluding hydrogens is 660 g/mol. The van der Waals surface area contributed by atoms with Gasteiger partial charge in [-0.15, -0.1) is 0 Å². The van der Waals surface area contributed by atoms with Gasteiger partial charge < -0.3 is 14.2 Å². The second kappa shape index (κ2) is 16.4. The van der Waals surface area contributed by atoms with Gasteiger partial charge in [0.1, 0.15) is 12.1 Å². The Balaban J connectivity index is 1.20. The van der Waals surface area contributed by atoms with E-state index in [9.17, 15) is 4.79 Å². The number of carbonyl (C=O) groups excluding carboxylic acids is 2. The number of rotatable bonds is 10. The third-order valence-corrected chi connectivity index (χ3v) is 11.0. The number of benzene rings is 2. The van der Waals surface area contributed by atoms with Crippen molar-refractivity contribution in [2.45, 2.75) is 96.0 Å². The summed E-state index contributed by atoms with van der Waals surface area (Å²) in [5.41, 5.74) is 6.68. The molecule has 2 aliphatic carbocycles. The minimum atomic E-state index is -0.718. The van der Waals surface area contributed by atoms with Crippen LogP contribution in [0.2, 0.25) is 5.02 Å². The summed E-state index contributed by atoms with van der Waals surface area (Å²) in [6, 6.07) is 19.5. The molecule has 3 heterocycles. The molecule has 1 aliphatic heterocycles. The Bertz CT molecular complexity index is 1790. The molecule has 2 aromatic carbocycles. The fourth-order valence-electron chi connectivity index (χ4n) is 8.05. The van der Waals surface area contributed by atoms with Gasteiger partial charge in [0.25, 0.3) is 0 Å². The summed E-state index contributed by atoms with van der Waals surface area (Å²) < 4.78 is 8.25. The van der Waals surface area contributed by atoms with Gasteiger partial charge in [-0.1, -0.05) is 67.4 Å². The number of hydrogen-bond donors (Lipinski definition) is 0. The zero-order valence-corrected chi connectivity index (χ0v) is 30.4. The van der Waals surface area contributed by atoms with Crippen LogP contribution < -0.4 is 0 Å². The Kier molecular flexibility index (Phi) is 11.3.